The molecule has 0 radical (unpaired) electrons. The van der Waals surface area contributed by atoms with Gasteiger partial charge in [-0.25, -0.2) is 4.57 Å². The Kier molecular flexibility index (Phi) is 4.58. The van der Waals surface area contributed by atoms with Gasteiger partial charge in [-0.1, -0.05) is 23.7 Å². The summed E-state index contributed by atoms with van der Waals surface area (Å²) in [5.74, 6) is 0.179. The second-order valence-corrected chi connectivity index (χ2v) is 7.23. The number of fused-ring (bicyclic) bond motifs is 2. The maximum atomic E-state index is 13.2. The largest absolute Gasteiger partial charge is 0.338 e. The van der Waals surface area contributed by atoms with Gasteiger partial charge < -0.3 is 10.6 Å². The number of nitrogens with two attached hydrogens (primary N) is 1. The minimum absolute atomic E-state index is 0.134. The topological polar surface area (TPSA) is 84.6 Å². The van der Waals surface area contributed by atoms with E-state index in [2.05, 4.69) is 6.58 Å². The van der Waals surface area contributed by atoms with E-state index in [0.717, 1.165) is 24.8 Å². The van der Waals surface area contributed by atoms with Crippen LogP contribution in [0.25, 0.3) is 16.7 Å². The molecule has 144 valence electrons. The smallest absolute Gasteiger partial charge is 0.278 e. The van der Waals surface area contributed by atoms with E-state index < -0.39 is 0 Å². The van der Waals surface area contributed by atoms with Crippen LogP contribution < -0.4 is 15.9 Å². The zero-order chi connectivity index (χ0) is 19.8. The Bertz CT molecular complexity index is 1160. The summed E-state index contributed by atoms with van der Waals surface area (Å²) in [4.78, 5) is 32.8. The minimum atomic E-state index is -0.214. The summed E-state index contributed by atoms with van der Waals surface area (Å²) in [5.41, 5.74) is 8.46. The molecule has 1 fully saturated rings. The molecule has 4 rings (SSSR count). The number of hydrogen-bond acceptors (Lipinski definition) is 4. The predicted molar refractivity (Wildman–Crippen MR) is 108 cm³/mol. The lowest BCUT2D eigenvalue weighted by atomic mass is 10.1. The first-order valence-electron chi connectivity index (χ1n) is 9.57. The van der Waals surface area contributed by atoms with Gasteiger partial charge in [-0.2, -0.15) is 0 Å². The van der Waals surface area contributed by atoms with Gasteiger partial charge in [-0.05, 0) is 38.3 Å². The van der Waals surface area contributed by atoms with Crippen molar-refractivity contribution in [1.82, 2.24) is 14.3 Å². The number of rotatable bonds is 3. The molecule has 0 atom stereocenters. The molecular formula is C21H24N5O2+. The highest BCUT2D eigenvalue weighted by atomic mass is 16.2. The van der Waals surface area contributed by atoms with E-state index in [0.29, 0.717) is 47.7 Å². The molecule has 3 aromatic rings. The van der Waals surface area contributed by atoms with Gasteiger partial charge in [0.15, 0.2) is 0 Å². The number of aryl methyl sites for hydroxylation is 1. The molecule has 3 aromatic heterocycles. The summed E-state index contributed by atoms with van der Waals surface area (Å²) in [7, 11) is 0. The van der Waals surface area contributed by atoms with Crippen LogP contribution in [-0.2, 0) is 6.54 Å². The molecular weight excluding hydrogens is 354 g/mol. The number of likely N-dealkylation sites (tertiary alicyclic amines) is 1. The van der Waals surface area contributed by atoms with Gasteiger partial charge in [-0.3, -0.25) is 14.0 Å². The molecule has 0 bridgehead atoms. The summed E-state index contributed by atoms with van der Waals surface area (Å²) in [6.45, 7) is 7.48. The molecule has 7 nitrogen and oxygen atoms in total. The number of carbonyl (C=O) groups excluding carboxylic acids is 1. The van der Waals surface area contributed by atoms with Gasteiger partial charge in [0.25, 0.3) is 17.1 Å². The molecule has 0 aromatic carbocycles. The first-order chi connectivity index (χ1) is 13.5. The average molecular weight is 378 g/mol. The van der Waals surface area contributed by atoms with Gasteiger partial charge in [0.05, 0.1) is 6.54 Å². The van der Waals surface area contributed by atoms with Crippen molar-refractivity contribution in [3.63, 3.8) is 0 Å². The number of hydrogen-bond donors (Lipinski definition) is 1. The molecule has 2 N–H and O–H groups in total. The molecule has 28 heavy (non-hydrogen) atoms. The fourth-order valence-corrected chi connectivity index (χ4v) is 3.86. The highest BCUT2D eigenvalue weighted by molar-refractivity contribution is 6.00. The molecule has 0 unspecified atom stereocenters. The molecule has 1 aliphatic rings. The average Bonchev–Trinajstić information content (AvgIpc) is 2.71. The monoisotopic (exact) mass is 378 g/mol. The lowest BCUT2D eigenvalue weighted by Crippen LogP contribution is -2.43. The molecule has 4 heterocycles. The van der Waals surface area contributed by atoms with E-state index in [1.54, 1.807) is 22.9 Å². The third kappa shape index (κ3) is 2.83. The van der Waals surface area contributed by atoms with Crippen LogP contribution in [0.5, 0.6) is 0 Å². The highest BCUT2D eigenvalue weighted by Gasteiger charge is 2.27. The Labute approximate surface area is 162 Å². The van der Waals surface area contributed by atoms with E-state index in [1.165, 1.54) is 4.40 Å². The first-order valence-corrected chi connectivity index (χ1v) is 9.57. The zero-order valence-electron chi connectivity index (χ0n) is 16.0. The predicted octanol–water partition coefficient (Wildman–Crippen LogP) is 1.84. The standard InChI is InChI=1S/C21H23N5O2/c1-3-9-25-17(22)15(20(27)24-10-5-4-6-11-24)13-16-19(25)23-18-14(2)8-7-12-26(18)21(16)28/h3,7-8,12-13,22H,1,4-6,9-11H2,2H3/p+1. The Morgan fingerprint density at radius 3 is 2.82 bits per heavy atom. The number of carbonyl (C=O) groups is 1. The molecule has 1 saturated heterocycles. The van der Waals surface area contributed by atoms with E-state index in [-0.39, 0.29) is 11.5 Å². The number of allylic oxidation sites excluding steroid dienone is 1. The summed E-state index contributed by atoms with van der Waals surface area (Å²) in [6, 6.07) is 5.32. The van der Waals surface area contributed by atoms with E-state index in [9.17, 15) is 9.59 Å². The fraction of sp³-hybridized carbons (Fsp3) is 0.333. The number of anilines is 1. The number of aromatic nitrogens is 3. The lowest BCUT2D eigenvalue weighted by molar-refractivity contribution is -0.648. The van der Waals surface area contributed by atoms with Crippen LogP contribution in [0.1, 0.15) is 35.2 Å². The SMILES string of the molecule is C=CC[n+]1c(N)c(C(=O)N2CCCCC2)cc2c(=O)n3cccc(C)c3nc21. The van der Waals surface area contributed by atoms with Crippen molar-refractivity contribution in [2.45, 2.75) is 32.7 Å². The van der Waals surface area contributed by atoms with Gasteiger partial charge in [0, 0.05) is 24.8 Å². The summed E-state index contributed by atoms with van der Waals surface area (Å²) in [6.07, 6.45) is 6.48. The van der Waals surface area contributed by atoms with Gasteiger partial charge in [-0.15, -0.1) is 0 Å². The minimum Gasteiger partial charge on any atom is -0.338 e. The third-order valence-electron chi connectivity index (χ3n) is 5.36. The van der Waals surface area contributed by atoms with Crippen molar-refractivity contribution in [2.75, 3.05) is 18.8 Å². The van der Waals surface area contributed by atoms with Crippen molar-refractivity contribution in [2.24, 2.45) is 0 Å². The fourth-order valence-electron chi connectivity index (χ4n) is 3.86. The maximum Gasteiger partial charge on any atom is 0.278 e. The van der Waals surface area contributed by atoms with Crippen LogP contribution in [0.3, 0.4) is 0 Å². The van der Waals surface area contributed by atoms with Crippen LogP contribution in [0.2, 0.25) is 0 Å². The number of nitrogen functional groups attached to an aromatic ring is 1. The highest BCUT2D eigenvalue weighted by Crippen LogP contribution is 2.19. The normalized spacial score (nSPS) is 14.5. The van der Waals surface area contributed by atoms with Crippen molar-refractivity contribution in [3.8, 4) is 0 Å². The van der Waals surface area contributed by atoms with Crippen molar-refractivity contribution >= 4 is 28.4 Å². The quantitative estimate of drug-likeness (QED) is 0.428. The van der Waals surface area contributed by atoms with Crippen LogP contribution in [0.4, 0.5) is 5.82 Å². The third-order valence-corrected chi connectivity index (χ3v) is 5.36. The molecule has 0 spiro atoms. The maximum absolute atomic E-state index is 13.2. The molecule has 0 aliphatic carbocycles. The van der Waals surface area contributed by atoms with Crippen LogP contribution >= 0.6 is 0 Å². The second-order valence-electron chi connectivity index (χ2n) is 7.23. The van der Waals surface area contributed by atoms with Crippen molar-refractivity contribution in [3.05, 3.63) is 58.5 Å². The Hall–Kier alpha value is -3.22. The van der Waals surface area contributed by atoms with Crippen LogP contribution in [0.15, 0.2) is 41.8 Å². The van der Waals surface area contributed by atoms with E-state index in [1.807, 2.05) is 24.0 Å². The van der Waals surface area contributed by atoms with E-state index in [4.69, 9.17) is 10.7 Å². The Morgan fingerprint density at radius 1 is 1.36 bits per heavy atom. The number of amides is 1. The molecule has 7 heteroatoms. The van der Waals surface area contributed by atoms with Crippen LogP contribution in [-0.4, -0.2) is 33.3 Å². The van der Waals surface area contributed by atoms with Gasteiger partial charge in [0.2, 0.25) is 11.5 Å². The molecule has 1 amide bonds. The number of pyridine rings is 2. The lowest BCUT2D eigenvalue weighted by Gasteiger charge is -2.27. The molecule has 0 saturated carbocycles. The summed E-state index contributed by atoms with van der Waals surface area (Å²) in [5, 5.41) is 0.375. The van der Waals surface area contributed by atoms with Crippen LogP contribution in [0, 0.1) is 6.92 Å². The number of nitrogens with zero attached hydrogens (tertiary/aromatic N) is 4. The zero-order valence-corrected chi connectivity index (χ0v) is 16.0. The summed E-state index contributed by atoms with van der Waals surface area (Å²) < 4.78 is 3.22. The van der Waals surface area contributed by atoms with Gasteiger partial charge >= 0.3 is 0 Å². The Morgan fingerprint density at radius 2 is 2.11 bits per heavy atom. The van der Waals surface area contributed by atoms with E-state index >= 15 is 0 Å². The number of piperidine rings is 1. The second kappa shape index (κ2) is 7.07. The Balaban J connectivity index is 2.02. The van der Waals surface area contributed by atoms with Crippen molar-refractivity contribution < 1.29 is 9.36 Å². The van der Waals surface area contributed by atoms with Gasteiger partial charge in [0.1, 0.15) is 10.9 Å². The summed E-state index contributed by atoms with van der Waals surface area (Å²) >= 11 is 0. The van der Waals surface area contributed by atoms with Crippen molar-refractivity contribution in [1.29, 1.82) is 0 Å². The molecule has 1 aliphatic heterocycles. The first kappa shape index (κ1) is 18.2.